The van der Waals surface area contributed by atoms with Gasteiger partial charge in [-0.2, -0.15) is 0 Å². The Morgan fingerprint density at radius 2 is 2.00 bits per heavy atom. The second-order valence-corrected chi connectivity index (χ2v) is 9.06. The minimum atomic E-state index is -2.81. The lowest BCUT2D eigenvalue weighted by molar-refractivity contribution is 0.0837. The van der Waals surface area contributed by atoms with Crippen LogP contribution in [0.4, 0.5) is 0 Å². The van der Waals surface area contributed by atoms with Crippen molar-refractivity contribution in [3.8, 4) is 0 Å². The van der Waals surface area contributed by atoms with Crippen molar-refractivity contribution in [2.75, 3.05) is 25.2 Å². The van der Waals surface area contributed by atoms with Crippen LogP contribution in [0, 0.1) is 11.8 Å². The molecule has 0 bridgehead atoms. The average molecular weight is 291 g/mol. The van der Waals surface area contributed by atoms with Crippen LogP contribution in [0.1, 0.15) is 40.5 Å². The number of nitrogens with one attached hydrogen (secondary N) is 1. The molecule has 0 aromatic carbocycles. The van der Waals surface area contributed by atoms with Gasteiger partial charge in [-0.05, 0) is 58.9 Å². The van der Waals surface area contributed by atoms with Crippen molar-refractivity contribution in [1.29, 1.82) is 0 Å². The minimum absolute atomic E-state index is 0.0615. The molecule has 1 aliphatic heterocycles. The van der Waals surface area contributed by atoms with Crippen LogP contribution in [0.3, 0.4) is 0 Å². The van der Waals surface area contributed by atoms with E-state index in [1.807, 2.05) is 6.92 Å². The van der Waals surface area contributed by atoms with Crippen molar-refractivity contribution in [1.82, 2.24) is 5.32 Å². The Kier molecular flexibility index (Phi) is 5.83. The van der Waals surface area contributed by atoms with E-state index in [1.54, 1.807) is 7.11 Å². The Morgan fingerprint density at radius 3 is 2.42 bits per heavy atom. The molecule has 1 fully saturated rings. The van der Waals surface area contributed by atoms with E-state index in [1.165, 1.54) is 0 Å². The van der Waals surface area contributed by atoms with Crippen LogP contribution in [0.2, 0.25) is 0 Å². The van der Waals surface area contributed by atoms with Gasteiger partial charge in [-0.25, -0.2) is 8.42 Å². The highest BCUT2D eigenvalue weighted by Gasteiger charge is 2.34. The predicted octanol–water partition coefficient (Wildman–Crippen LogP) is 1.85. The minimum Gasteiger partial charge on any atom is -0.382 e. The predicted molar refractivity (Wildman–Crippen MR) is 79.1 cm³/mol. The van der Waals surface area contributed by atoms with E-state index < -0.39 is 9.84 Å². The van der Waals surface area contributed by atoms with E-state index >= 15 is 0 Å². The smallest absolute Gasteiger partial charge is 0.150 e. The summed E-state index contributed by atoms with van der Waals surface area (Å²) in [5, 5.41) is 3.51. The zero-order chi connectivity index (χ0) is 14.7. The number of hydrogen-bond acceptors (Lipinski definition) is 4. The van der Waals surface area contributed by atoms with Gasteiger partial charge in [-0.1, -0.05) is 0 Å². The van der Waals surface area contributed by atoms with Gasteiger partial charge in [0.25, 0.3) is 0 Å². The fraction of sp³-hybridized carbons (Fsp3) is 1.00. The molecule has 1 N–H and O–H groups in total. The Hall–Kier alpha value is -0.130. The maximum Gasteiger partial charge on any atom is 0.150 e. The molecule has 5 heteroatoms. The van der Waals surface area contributed by atoms with E-state index in [9.17, 15) is 8.42 Å². The molecule has 1 aliphatic rings. The van der Waals surface area contributed by atoms with Gasteiger partial charge in [-0.15, -0.1) is 0 Å². The summed E-state index contributed by atoms with van der Waals surface area (Å²) in [7, 11) is -1.09. The number of methoxy groups -OCH3 is 1. The molecule has 0 aromatic rings. The Labute approximate surface area is 118 Å². The largest absolute Gasteiger partial charge is 0.382 e. The zero-order valence-corrected chi connectivity index (χ0v) is 13.7. The molecule has 4 nitrogen and oxygen atoms in total. The third-order valence-electron chi connectivity index (χ3n) is 3.87. The average Bonchev–Trinajstić information content (AvgIpc) is 2.63. The molecule has 1 heterocycles. The molecule has 1 saturated heterocycles. The van der Waals surface area contributed by atoms with Gasteiger partial charge >= 0.3 is 0 Å². The first kappa shape index (κ1) is 16.9. The molecule has 0 aliphatic carbocycles. The monoisotopic (exact) mass is 291 g/mol. The van der Waals surface area contributed by atoms with Crippen molar-refractivity contribution < 1.29 is 13.2 Å². The molecular formula is C14H29NO3S. The number of sulfone groups is 1. The van der Waals surface area contributed by atoms with E-state index in [-0.39, 0.29) is 17.6 Å². The number of ether oxygens (including phenoxy) is 1. The van der Waals surface area contributed by atoms with Gasteiger partial charge in [0.1, 0.15) is 0 Å². The Morgan fingerprint density at radius 1 is 1.37 bits per heavy atom. The van der Waals surface area contributed by atoms with E-state index in [0.29, 0.717) is 17.4 Å². The van der Waals surface area contributed by atoms with Crippen LogP contribution >= 0.6 is 0 Å². The maximum atomic E-state index is 11.7. The summed E-state index contributed by atoms with van der Waals surface area (Å²) in [6, 6.07) is 0. The normalized spacial score (nSPS) is 26.3. The molecule has 1 rings (SSSR count). The molecule has 114 valence electrons. The third-order valence-corrected chi connectivity index (χ3v) is 5.66. The fourth-order valence-electron chi connectivity index (χ4n) is 2.60. The summed E-state index contributed by atoms with van der Waals surface area (Å²) >= 11 is 0. The first-order valence-electron chi connectivity index (χ1n) is 7.11. The van der Waals surface area contributed by atoms with E-state index in [4.69, 9.17) is 4.74 Å². The first-order chi connectivity index (χ1) is 8.63. The van der Waals surface area contributed by atoms with Crippen molar-refractivity contribution >= 4 is 9.84 Å². The second kappa shape index (κ2) is 6.55. The van der Waals surface area contributed by atoms with Gasteiger partial charge in [0.05, 0.1) is 17.6 Å². The van der Waals surface area contributed by atoms with Crippen molar-refractivity contribution in [2.24, 2.45) is 11.8 Å². The first-order valence-corrected chi connectivity index (χ1v) is 8.93. The molecule has 3 atom stereocenters. The fourth-order valence-corrected chi connectivity index (χ4v) is 4.52. The molecule has 0 spiro atoms. The zero-order valence-electron chi connectivity index (χ0n) is 12.9. The van der Waals surface area contributed by atoms with Crippen molar-refractivity contribution in [3.63, 3.8) is 0 Å². The SMILES string of the molecule is COC(C)CC(CNC(C)(C)C)C1CCS(=O)(=O)C1. The second-order valence-electron chi connectivity index (χ2n) is 6.84. The summed E-state index contributed by atoms with van der Waals surface area (Å²) in [5.41, 5.74) is 0.0615. The topological polar surface area (TPSA) is 55.4 Å². The van der Waals surface area contributed by atoms with Crippen LogP contribution in [0.15, 0.2) is 0 Å². The lowest BCUT2D eigenvalue weighted by atomic mass is 9.86. The van der Waals surface area contributed by atoms with E-state index in [0.717, 1.165) is 19.4 Å². The van der Waals surface area contributed by atoms with Gasteiger partial charge in [0.2, 0.25) is 0 Å². The molecular weight excluding hydrogens is 262 g/mol. The molecule has 0 aromatic heterocycles. The van der Waals surface area contributed by atoms with Gasteiger partial charge in [0, 0.05) is 12.6 Å². The molecule has 0 amide bonds. The number of rotatable bonds is 6. The highest BCUT2D eigenvalue weighted by molar-refractivity contribution is 7.91. The molecule has 19 heavy (non-hydrogen) atoms. The number of hydrogen-bond donors (Lipinski definition) is 1. The molecule has 0 saturated carbocycles. The van der Waals surface area contributed by atoms with Gasteiger partial charge < -0.3 is 10.1 Å². The third kappa shape index (κ3) is 6.23. The maximum absolute atomic E-state index is 11.7. The van der Waals surface area contributed by atoms with Crippen LogP contribution in [0.25, 0.3) is 0 Å². The van der Waals surface area contributed by atoms with Crippen molar-refractivity contribution in [2.45, 2.75) is 52.2 Å². The quantitative estimate of drug-likeness (QED) is 0.811. The lowest BCUT2D eigenvalue weighted by Crippen LogP contribution is -2.41. The van der Waals surface area contributed by atoms with Crippen LogP contribution in [0.5, 0.6) is 0 Å². The Bertz CT molecular complexity index is 373. The molecule has 0 radical (unpaired) electrons. The van der Waals surface area contributed by atoms with Gasteiger partial charge in [-0.3, -0.25) is 0 Å². The van der Waals surface area contributed by atoms with Crippen molar-refractivity contribution in [3.05, 3.63) is 0 Å². The van der Waals surface area contributed by atoms with Crippen LogP contribution in [-0.4, -0.2) is 45.2 Å². The van der Waals surface area contributed by atoms with Crippen LogP contribution < -0.4 is 5.32 Å². The standard InChI is InChI=1S/C14H29NO3S/c1-11(18-5)8-13(9-15-14(2,3)4)12-6-7-19(16,17)10-12/h11-13,15H,6-10H2,1-5H3. The highest BCUT2D eigenvalue weighted by atomic mass is 32.2. The molecule has 3 unspecified atom stereocenters. The summed E-state index contributed by atoms with van der Waals surface area (Å²) in [5.74, 6) is 1.34. The highest BCUT2D eigenvalue weighted by Crippen LogP contribution is 2.29. The van der Waals surface area contributed by atoms with Gasteiger partial charge in [0.15, 0.2) is 9.84 Å². The summed E-state index contributed by atoms with van der Waals surface area (Å²) in [6.45, 7) is 9.31. The summed E-state index contributed by atoms with van der Waals surface area (Å²) in [6.07, 6.45) is 1.89. The lowest BCUT2D eigenvalue weighted by Gasteiger charge is -2.29. The Balaban J connectivity index is 2.64. The van der Waals surface area contributed by atoms with E-state index in [2.05, 4.69) is 26.1 Å². The summed E-state index contributed by atoms with van der Waals surface area (Å²) in [4.78, 5) is 0. The van der Waals surface area contributed by atoms with Crippen LogP contribution in [-0.2, 0) is 14.6 Å². The summed E-state index contributed by atoms with van der Waals surface area (Å²) < 4.78 is 28.6.